The van der Waals surface area contributed by atoms with Crippen molar-refractivity contribution in [3.63, 3.8) is 0 Å². The third-order valence-corrected chi connectivity index (χ3v) is 6.05. The maximum Gasteiger partial charge on any atom is 0.257 e. The highest BCUT2D eigenvalue weighted by molar-refractivity contribution is 6.01. The lowest BCUT2D eigenvalue weighted by Gasteiger charge is -2.26. The maximum absolute atomic E-state index is 13.3. The number of pyridine rings is 1. The molecule has 0 saturated carbocycles. The summed E-state index contributed by atoms with van der Waals surface area (Å²) in [5.41, 5.74) is 6.25. The number of aromatic nitrogens is 1. The summed E-state index contributed by atoms with van der Waals surface area (Å²) in [6.07, 6.45) is 1.36. The van der Waals surface area contributed by atoms with Crippen molar-refractivity contribution in [2.45, 2.75) is 6.92 Å². The Balaban J connectivity index is 1.61. The molecule has 0 atom stereocenters. The molecule has 13 nitrogen and oxygen atoms in total. The molecular weight excluding hydrogens is 506 g/mol. The summed E-state index contributed by atoms with van der Waals surface area (Å²) in [4.78, 5) is 49.6. The van der Waals surface area contributed by atoms with Crippen LogP contribution < -0.4 is 25.8 Å². The van der Waals surface area contributed by atoms with Gasteiger partial charge in [0, 0.05) is 38.9 Å². The summed E-state index contributed by atoms with van der Waals surface area (Å²) >= 11 is 0. The van der Waals surface area contributed by atoms with Crippen molar-refractivity contribution in [3.8, 4) is 11.5 Å². The number of benzene rings is 1. The smallest absolute Gasteiger partial charge is 0.257 e. The molecule has 0 bridgehead atoms. The van der Waals surface area contributed by atoms with Gasteiger partial charge in [0.2, 0.25) is 0 Å². The van der Waals surface area contributed by atoms with Crippen LogP contribution in [0.3, 0.4) is 0 Å². The van der Waals surface area contributed by atoms with E-state index in [9.17, 15) is 14.4 Å². The monoisotopic (exact) mass is 541 g/mol. The van der Waals surface area contributed by atoms with Gasteiger partial charge in [-0.1, -0.05) is 0 Å². The summed E-state index contributed by atoms with van der Waals surface area (Å²) in [5, 5.41) is 5.53. The summed E-state index contributed by atoms with van der Waals surface area (Å²) in [5.74, 6) is -0.381. The zero-order valence-electron chi connectivity index (χ0n) is 22.3. The van der Waals surface area contributed by atoms with Crippen molar-refractivity contribution in [1.82, 2.24) is 25.4 Å². The number of nitrogens with two attached hydrogens (primary N) is 1. The molecule has 1 fully saturated rings. The minimum Gasteiger partial charge on any atom is -0.491 e. The van der Waals surface area contributed by atoms with Gasteiger partial charge < -0.3 is 35.5 Å². The van der Waals surface area contributed by atoms with Gasteiger partial charge in [0.15, 0.2) is 18.1 Å². The van der Waals surface area contributed by atoms with Gasteiger partial charge in [0.1, 0.15) is 11.5 Å². The van der Waals surface area contributed by atoms with E-state index in [-0.39, 0.29) is 41.9 Å². The van der Waals surface area contributed by atoms with Crippen molar-refractivity contribution in [2.24, 2.45) is 4.99 Å². The third kappa shape index (κ3) is 8.12. The van der Waals surface area contributed by atoms with Crippen molar-refractivity contribution in [1.29, 1.82) is 0 Å². The molecule has 1 aliphatic heterocycles. The fourth-order valence-corrected chi connectivity index (χ4v) is 3.87. The number of carbonyl (C=O) groups is 3. The highest BCUT2D eigenvalue weighted by Gasteiger charge is 2.24. The molecule has 0 aliphatic carbocycles. The topological polar surface area (TPSA) is 161 Å². The number of aliphatic imine (C=N–C) groups is 1. The van der Waals surface area contributed by atoms with Crippen molar-refractivity contribution in [2.75, 3.05) is 72.1 Å². The van der Waals surface area contributed by atoms with Gasteiger partial charge in [0.05, 0.1) is 38.1 Å². The lowest BCUT2D eigenvalue weighted by atomic mass is 10.1. The highest BCUT2D eigenvalue weighted by atomic mass is 16.5. The summed E-state index contributed by atoms with van der Waals surface area (Å²) in [6, 6.07) is 6.12. The number of hydrogen-bond acceptors (Lipinski definition) is 10. The molecule has 39 heavy (non-hydrogen) atoms. The van der Waals surface area contributed by atoms with E-state index in [2.05, 4.69) is 32.2 Å². The second-order valence-electron chi connectivity index (χ2n) is 8.54. The normalized spacial score (nSPS) is 13.3. The van der Waals surface area contributed by atoms with E-state index in [1.165, 1.54) is 36.4 Å². The number of nitrogens with zero attached hydrogens (tertiary/aromatic N) is 4. The molecule has 0 radical (unpaired) electrons. The van der Waals surface area contributed by atoms with E-state index in [1.807, 2.05) is 0 Å². The first-order valence-electron chi connectivity index (χ1n) is 12.5. The molecule has 0 unspecified atom stereocenters. The Labute approximate surface area is 227 Å². The van der Waals surface area contributed by atoms with Crippen LogP contribution in [-0.2, 0) is 9.53 Å². The lowest BCUT2D eigenvalue weighted by Crippen LogP contribution is -2.42. The number of amides is 3. The molecule has 3 rings (SSSR count). The largest absolute Gasteiger partial charge is 0.491 e. The van der Waals surface area contributed by atoms with Crippen LogP contribution in [0.2, 0.25) is 0 Å². The molecular formula is C26H35N7O6. The van der Waals surface area contributed by atoms with E-state index in [4.69, 9.17) is 19.9 Å². The minimum atomic E-state index is -0.402. The Hall–Kier alpha value is -4.23. The van der Waals surface area contributed by atoms with E-state index < -0.39 is 11.8 Å². The van der Waals surface area contributed by atoms with Gasteiger partial charge in [-0.2, -0.15) is 0 Å². The zero-order valence-corrected chi connectivity index (χ0v) is 22.3. The minimum absolute atomic E-state index is 0.0552. The van der Waals surface area contributed by atoms with E-state index in [0.717, 1.165) is 19.6 Å². The fraction of sp³-hybridized carbons (Fsp3) is 0.423. The molecule has 0 spiro atoms. The number of ether oxygens (including phenoxy) is 3. The van der Waals surface area contributed by atoms with Gasteiger partial charge in [0.25, 0.3) is 17.7 Å². The first-order valence-corrected chi connectivity index (χ1v) is 12.5. The van der Waals surface area contributed by atoms with Crippen LogP contribution >= 0.6 is 0 Å². The molecule has 210 valence electrons. The Morgan fingerprint density at radius 1 is 1.21 bits per heavy atom. The summed E-state index contributed by atoms with van der Waals surface area (Å²) in [6.45, 7) is 9.66. The van der Waals surface area contributed by atoms with Crippen LogP contribution in [0.25, 0.3) is 0 Å². The number of methoxy groups -OCH3 is 1. The van der Waals surface area contributed by atoms with Gasteiger partial charge >= 0.3 is 0 Å². The predicted octanol–water partition coefficient (Wildman–Crippen LogP) is 0.681. The molecule has 4 N–H and O–H groups in total. The number of nitrogens with one attached hydrogen (secondary N) is 2. The molecule has 2 heterocycles. The van der Waals surface area contributed by atoms with Crippen LogP contribution in [0.4, 0.5) is 11.5 Å². The van der Waals surface area contributed by atoms with Crippen LogP contribution in [0, 0.1) is 0 Å². The Kier molecular flexibility index (Phi) is 11.0. The summed E-state index contributed by atoms with van der Waals surface area (Å²) in [7, 11) is 1.41. The first-order chi connectivity index (χ1) is 18.9. The van der Waals surface area contributed by atoms with Crippen molar-refractivity contribution >= 4 is 35.9 Å². The van der Waals surface area contributed by atoms with Crippen LogP contribution in [0.15, 0.2) is 35.5 Å². The third-order valence-electron chi connectivity index (χ3n) is 6.05. The molecule has 1 aromatic heterocycles. The number of anilines is 1. The van der Waals surface area contributed by atoms with E-state index in [1.54, 1.807) is 13.0 Å². The predicted molar refractivity (Wildman–Crippen MR) is 146 cm³/mol. The number of carbonyl (C=O) groups excluding carboxylic acids is 3. The first kappa shape index (κ1) is 29.3. The van der Waals surface area contributed by atoms with Crippen LogP contribution in [0.5, 0.6) is 11.5 Å². The van der Waals surface area contributed by atoms with Crippen molar-refractivity contribution < 1.29 is 28.6 Å². The molecule has 1 aliphatic rings. The van der Waals surface area contributed by atoms with Gasteiger partial charge in [-0.3, -0.25) is 24.3 Å². The lowest BCUT2D eigenvalue weighted by molar-refractivity contribution is -0.123. The molecule has 1 saturated heterocycles. The average molecular weight is 542 g/mol. The fourth-order valence-electron chi connectivity index (χ4n) is 3.87. The molecule has 3 amide bonds. The van der Waals surface area contributed by atoms with Gasteiger partial charge in [-0.15, -0.1) is 0 Å². The SMILES string of the molecule is C=Nc1c(C(=O)N(CC)CNC(=O)c2ccc(N)nc2)ccc(OCC(=O)NCCN2CCOCC2)c1OC. The van der Waals surface area contributed by atoms with Crippen LogP contribution in [-0.4, -0.2) is 106 Å². The van der Waals surface area contributed by atoms with Gasteiger partial charge in [-0.25, -0.2) is 4.98 Å². The van der Waals surface area contributed by atoms with E-state index >= 15 is 0 Å². The second-order valence-corrected chi connectivity index (χ2v) is 8.54. The standard InChI is InChI=1S/C26H35N7O6/c1-4-33(17-31-25(35)18-5-8-21(27)30-15-18)26(36)19-6-7-20(24(37-3)23(19)28-2)39-16-22(34)29-9-10-32-11-13-38-14-12-32/h5-8,15H,2,4,9-14,16-17H2,1,3H3,(H2,27,30)(H,29,34)(H,31,35). The van der Waals surface area contributed by atoms with Crippen LogP contribution in [0.1, 0.15) is 27.6 Å². The molecule has 2 aromatic rings. The second kappa shape index (κ2) is 14.6. The number of hydrogen-bond donors (Lipinski definition) is 3. The average Bonchev–Trinajstić information content (AvgIpc) is 2.96. The molecule has 1 aromatic carbocycles. The summed E-state index contributed by atoms with van der Waals surface area (Å²) < 4.78 is 16.5. The Morgan fingerprint density at radius 3 is 2.62 bits per heavy atom. The Bertz CT molecular complexity index is 1150. The zero-order chi connectivity index (χ0) is 28.2. The Morgan fingerprint density at radius 2 is 1.97 bits per heavy atom. The quantitative estimate of drug-likeness (QED) is 0.245. The van der Waals surface area contributed by atoms with E-state index in [0.29, 0.717) is 37.7 Å². The number of nitrogen functional groups attached to an aromatic ring is 1. The number of morpholine rings is 1. The van der Waals surface area contributed by atoms with Gasteiger partial charge in [-0.05, 0) is 37.9 Å². The number of rotatable bonds is 13. The van der Waals surface area contributed by atoms with Crippen molar-refractivity contribution in [3.05, 3.63) is 41.6 Å². The maximum atomic E-state index is 13.3. The highest BCUT2D eigenvalue weighted by Crippen LogP contribution is 2.40. The molecule has 13 heteroatoms.